The molecule has 0 saturated heterocycles. The number of sulfonamides is 2. The summed E-state index contributed by atoms with van der Waals surface area (Å²) in [5, 5.41) is 0. The van der Waals surface area contributed by atoms with Crippen molar-refractivity contribution in [2.45, 2.75) is 43.0 Å². The third kappa shape index (κ3) is 6.34. The van der Waals surface area contributed by atoms with E-state index in [1.807, 2.05) is 4.72 Å². The van der Waals surface area contributed by atoms with Crippen molar-refractivity contribution in [2.24, 2.45) is 11.7 Å². The number of nitrogens with two attached hydrogens (primary N) is 1. The first kappa shape index (κ1) is 23.1. The van der Waals surface area contributed by atoms with E-state index in [-0.39, 0.29) is 35.5 Å². The molecule has 1 aliphatic rings. The standard InChI is InChI=1S/C15H24FN3O4S2.ClH/c1-24(20,21)18-14-8-7-12(9-13(14)16)25(22,23)19-15(10-17)11-5-3-2-4-6-11;/h7-9,11,15,18-19H,2-6,10,17H2,1H3;1H. The third-order valence-electron chi connectivity index (χ3n) is 4.33. The summed E-state index contributed by atoms with van der Waals surface area (Å²) in [6, 6.07) is 2.64. The molecule has 1 saturated carbocycles. The highest BCUT2D eigenvalue weighted by molar-refractivity contribution is 7.92. The number of nitrogens with one attached hydrogen (secondary N) is 2. The number of hydrogen-bond donors (Lipinski definition) is 3. The highest BCUT2D eigenvalue weighted by Gasteiger charge is 2.28. The molecule has 0 radical (unpaired) electrons. The van der Waals surface area contributed by atoms with Crippen LogP contribution >= 0.6 is 12.4 Å². The Kier molecular flexibility index (Phi) is 8.28. The Morgan fingerprint density at radius 3 is 2.31 bits per heavy atom. The van der Waals surface area contributed by atoms with Crippen LogP contribution in [0.5, 0.6) is 0 Å². The number of anilines is 1. The molecular formula is C15H25ClFN3O4S2. The molecule has 1 aromatic carbocycles. The second kappa shape index (κ2) is 9.32. The Morgan fingerprint density at radius 2 is 1.81 bits per heavy atom. The van der Waals surface area contributed by atoms with Crippen molar-refractivity contribution in [1.82, 2.24) is 4.72 Å². The first-order chi connectivity index (χ1) is 11.6. The molecule has 4 N–H and O–H groups in total. The van der Waals surface area contributed by atoms with E-state index in [1.165, 1.54) is 0 Å². The largest absolute Gasteiger partial charge is 0.329 e. The van der Waals surface area contributed by atoms with Crippen molar-refractivity contribution in [3.8, 4) is 0 Å². The quantitative estimate of drug-likeness (QED) is 0.610. The van der Waals surface area contributed by atoms with Gasteiger partial charge in [0.2, 0.25) is 20.0 Å². The summed E-state index contributed by atoms with van der Waals surface area (Å²) >= 11 is 0. The Morgan fingerprint density at radius 1 is 1.19 bits per heavy atom. The third-order valence-corrected chi connectivity index (χ3v) is 6.40. The highest BCUT2D eigenvalue weighted by Crippen LogP contribution is 2.27. The summed E-state index contributed by atoms with van der Waals surface area (Å²) in [7, 11) is -7.61. The predicted molar refractivity (Wildman–Crippen MR) is 102 cm³/mol. The van der Waals surface area contributed by atoms with Gasteiger partial charge < -0.3 is 5.73 Å². The van der Waals surface area contributed by atoms with Gasteiger partial charge in [-0.25, -0.2) is 25.9 Å². The molecule has 2 rings (SSSR count). The lowest BCUT2D eigenvalue weighted by atomic mass is 9.84. The minimum atomic E-state index is -3.95. The number of rotatable bonds is 7. The Labute approximate surface area is 160 Å². The molecule has 150 valence electrons. The van der Waals surface area contributed by atoms with Gasteiger partial charge in [0, 0.05) is 12.6 Å². The lowest BCUT2D eigenvalue weighted by molar-refractivity contribution is 0.294. The summed E-state index contributed by atoms with van der Waals surface area (Å²) in [6.45, 7) is 0.167. The van der Waals surface area contributed by atoms with E-state index in [9.17, 15) is 21.2 Å². The van der Waals surface area contributed by atoms with Crippen LogP contribution in [-0.4, -0.2) is 35.7 Å². The average molecular weight is 430 g/mol. The topological polar surface area (TPSA) is 118 Å². The van der Waals surface area contributed by atoms with Gasteiger partial charge >= 0.3 is 0 Å². The highest BCUT2D eigenvalue weighted by atomic mass is 35.5. The summed E-state index contributed by atoms with van der Waals surface area (Å²) in [5.74, 6) is -0.792. The van der Waals surface area contributed by atoms with Crippen molar-refractivity contribution in [2.75, 3.05) is 17.5 Å². The fourth-order valence-corrected chi connectivity index (χ4v) is 4.98. The molecule has 1 atom stereocenters. The van der Waals surface area contributed by atoms with Gasteiger partial charge in [-0.3, -0.25) is 4.72 Å². The predicted octanol–water partition coefficient (Wildman–Crippen LogP) is 1.80. The van der Waals surface area contributed by atoms with Crippen LogP contribution < -0.4 is 15.2 Å². The molecule has 11 heteroatoms. The number of halogens is 2. The number of benzene rings is 1. The van der Waals surface area contributed by atoms with Crippen molar-refractivity contribution in [1.29, 1.82) is 0 Å². The van der Waals surface area contributed by atoms with Gasteiger partial charge in [-0.15, -0.1) is 12.4 Å². The Hall–Kier alpha value is -0.940. The normalized spacial score (nSPS) is 17.3. The smallest absolute Gasteiger partial charge is 0.240 e. The zero-order valence-corrected chi connectivity index (χ0v) is 16.9. The maximum atomic E-state index is 14.0. The molecule has 0 spiro atoms. The SMILES string of the molecule is CS(=O)(=O)Nc1ccc(S(=O)(=O)NC(CN)C2CCCCC2)cc1F.Cl. The minimum absolute atomic E-state index is 0. The van der Waals surface area contributed by atoms with Crippen LogP contribution in [0.15, 0.2) is 23.1 Å². The molecule has 1 fully saturated rings. The van der Waals surface area contributed by atoms with Gasteiger partial charge in [0.05, 0.1) is 16.8 Å². The fraction of sp³-hybridized carbons (Fsp3) is 0.600. The summed E-state index contributed by atoms with van der Waals surface area (Å²) in [6.07, 6.45) is 5.94. The molecular weight excluding hydrogens is 405 g/mol. The molecule has 0 heterocycles. The lowest BCUT2D eigenvalue weighted by Gasteiger charge is -2.29. The number of hydrogen-bond acceptors (Lipinski definition) is 5. The van der Waals surface area contributed by atoms with Crippen molar-refractivity contribution in [3.05, 3.63) is 24.0 Å². The molecule has 0 bridgehead atoms. The average Bonchev–Trinajstić information content (AvgIpc) is 2.54. The Bertz CT molecular complexity index is 812. The summed E-state index contributed by atoms with van der Waals surface area (Å²) in [4.78, 5) is -0.265. The van der Waals surface area contributed by atoms with E-state index >= 15 is 0 Å². The summed E-state index contributed by atoms with van der Waals surface area (Å²) < 4.78 is 66.0. The lowest BCUT2D eigenvalue weighted by Crippen LogP contribution is -2.45. The van der Waals surface area contributed by atoms with Gasteiger partial charge in [-0.1, -0.05) is 19.3 Å². The maximum absolute atomic E-state index is 14.0. The molecule has 1 unspecified atom stereocenters. The van der Waals surface area contributed by atoms with Crippen LogP contribution in [0, 0.1) is 11.7 Å². The second-order valence-electron chi connectivity index (χ2n) is 6.38. The van der Waals surface area contributed by atoms with E-state index in [0.717, 1.165) is 56.6 Å². The zero-order valence-electron chi connectivity index (χ0n) is 14.4. The maximum Gasteiger partial charge on any atom is 0.240 e. The second-order valence-corrected chi connectivity index (χ2v) is 9.84. The molecule has 7 nitrogen and oxygen atoms in total. The van der Waals surface area contributed by atoms with Crippen molar-refractivity contribution < 1.29 is 21.2 Å². The van der Waals surface area contributed by atoms with Gasteiger partial charge in [-0.2, -0.15) is 0 Å². The Balaban J connectivity index is 0.00000338. The molecule has 0 aromatic heterocycles. The van der Waals surface area contributed by atoms with Gasteiger partial charge in [-0.05, 0) is 37.0 Å². The van der Waals surface area contributed by atoms with Crippen molar-refractivity contribution in [3.63, 3.8) is 0 Å². The van der Waals surface area contributed by atoms with E-state index in [2.05, 4.69) is 4.72 Å². The van der Waals surface area contributed by atoms with Gasteiger partial charge in [0.25, 0.3) is 0 Å². The molecule has 26 heavy (non-hydrogen) atoms. The van der Waals surface area contributed by atoms with E-state index < -0.39 is 31.9 Å². The van der Waals surface area contributed by atoms with E-state index in [1.54, 1.807) is 0 Å². The van der Waals surface area contributed by atoms with Crippen molar-refractivity contribution >= 4 is 38.1 Å². The van der Waals surface area contributed by atoms with Crippen LogP contribution in [0.1, 0.15) is 32.1 Å². The van der Waals surface area contributed by atoms with Gasteiger partial charge in [0.15, 0.2) is 0 Å². The first-order valence-corrected chi connectivity index (χ1v) is 11.5. The molecule has 1 aliphatic carbocycles. The van der Waals surface area contributed by atoms with E-state index in [4.69, 9.17) is 5.73 Å². The van der Waals surface area contributed by atoms with E-state index in [0.29, 0.717) is 0 Å². The van der Waals surface area contributed by atoms with Gasteiger partial charge in [0.1, 0.15) is 5.82 Å². The summed E-state index contributed by atoms with van der Waals surface area (Å²) in [5.41, 5.74) is 5.43. The van der Waals surface area contributed by atoms with Crippen LogP contribution in [0.2, 0.25) is 0 Å². The monoisotopic (exact) mass is 429 g/mol. The molecule has 0 amide bonds. The van der Waals surface area contributed by atoms with Crippen LogP contribution in [-0.2, 0) is 20.0 Å². The molecule has 1 aromatic rings. The minimum Gasteiger partial charge on any atom is -0.329 e. The van der Waals surface area contributed by atoms with Crippen LogP contribution in [0.25, 0.3) is 0 Å². The fourth-order valence-electron chi connectivity index (χ4n) is 3.09. The zero-order chi connectivity index (χ0) is 18.7. The van der Waals surface area contributed by atoms with Crippen LogP contribution in [0.3, 0.4) is 0 Å². The molecule has 0 aliphatic heterocycles. The first-order valence-electron chi connectivity index (χ1n) is 8.12. The van der Waals surface area contributed by atoms with Crippen LogP contribution in [0.4, 0.5) is 10.1 Å².